The second-order valence-electron chi connectivity index (χ2n) is 9.72. The van der Waals surface area contributed by atoms with E-state index in [4.69, 9.17) is 4.74 Å². The summed E-state index contributed by atoms with van der Waals surface area (Å²) in [5.74, 6) is -1.29. The number of hydrogen-bond acceptors (Lipinski definition) is 6. The molecule has 2 aromatic heterocycles. The van der Waals surface area contributed by atoms with E-state index in [1.54, 1.807) is 12.1 Å². The van der Waals surface area contributed by atoms with Gasteiger partial charge in [-0.1, -0.05) is 84.4 Å². The molecular formula is C33H25N3O4S. The molecule has 0 aliphatic carbocycles. The van der Waals surface area contributed by atoms with Gasteiger partial charge in [0.1, 0.15) is 5.69 Å². The number of nitrogens with zero attached hydrogens (tertiary/aromatic N) is 2. The second kappa shape index (κ2) is 10.8. The first kappa shape index (κ1) is 26.2. The van der Waals surface area contributed by atoms with Gasteiger partial charge in [-0.3, -0.25) is 14.9 Å². The highest BCUT2D eigenvalue weighted by Crippen LogP contribution is 2.31. The maximum Gasteiger partial charge on any atom is 0.356 e. The Labute approximate surface area is 239 Å². The highest BCUT2D eigenvalue weighted by molar-refractivity contribution is 7.14. The van der Waals surface area contributed by atoms with E-state index < -0.39 is 18.5 Å². The predicted octanol–water partition coefficient (Wildman–Crippen LogP) is 6.59. The molecule has 8 heteroatoms. The zero-order chi connectivity index (χ0) is 28.5. The number of pyridine rings is 1. The number of ether oxygens (including phenoxy) is 1. The van der Waals surface area contributed by atoms with Gasteiger partial charge < -0.3 is 9.30 Å². The standard InChI is InChI=1S/C33H25N3O4S/c1-20-11-13-22(14-12-20)29-25-9-5-6-10-26(25)31(38)36(2)30(29)32(39)40-18-28(37)35-33-34-27(19-41-33)24-16-15-21-7-3-4-8-23(21)17-24/h3-17,19H,18H2,1-2H3,(H,34,35,37). The molecule has 202 valence electrons. The van der Waals surface area contributed by atoms with E-state index in [-0.39, 0.29) is 11.3 Å². The highest BCUT2D eigenvalue weighted by atomic mass is 32.1. The van der Waals surface area contributed by atoms with Gasteiger partial charge >= 0.3 is 5.97 Å². The minimum atomic E-state index is -0.767. The Balaban J connectivity index is 1.22. The van der Waals surface area contributed by atoms with Crippen LogP contribution in [0.1, 0.15) is 16.1 Å². The lowest BCUT2D eigenvalue weighted by Gasteiger charge is -2.17. The van der Waals surface area contributed by atoms with Crippen molar-refractivity contribution >= 4 is 49.9 Å². The zero-order valence-corrected chi connectivity index (χ0v) is 23.2. The maximum absolute atomic E-state index is 13.4. The summed E-state index contributed by atoms with van der Waals surface area (Å²) < 4.78 is 6.72. The van der Waals surface area contributed by atoms with Crippen LogP contribution in [0.4, 0.5) is 5.13 Å². The van der Waals surface area contributed by atoms with Gasteiger partial charge in [0, 0.05) is 28.9 Å². The third-order valence-electron chi connectivity index (χ3n) is 6.97. The minimum absolute atomic E-state index is 0.0817. The van der Waals surface area contributed by atoms with Crippen LogP contribution < -0.4 is 10.9 Å². The van der Waals surface area contributed by atoms with Crippen molar-refractivity contribution in [3.63, 3.8) is 0 Å². The summed E-state index contributed by atoms with van der Waals surface area (Å²) in [7, 11) is 1.53. The van der Waals surface area contributed by atoms with E-state index in [1.807, 2.05) is 85.1 Å². The Morgan fingerprint density at radius 3 is 2.34 bits per heavy atom. The van der Waals surface area contributed by atoms with Crippen molar-refractivity contribution in [1.82, 2.24) is 9.55 Å². The summed E-state index contributed by atoms with van der Waals surface area (Å²) in [6.45, 7) is 1.45. The minimum Gasteiger partial charge on any atom is -0.451 e. The molecule has 0 aliphatic heterocycles. The van der Waals surface area contributed by atoms with Gasteiger partial charge in [-0.15, -0.1) is 11.3 Å². The van der Waals surface area contributed by atoms with Crippen molar-refractivity contribution in [1.29, 1.82) is 0 Å². The summed E-state index contributed by atoms with van der Waals surface area (Å²) >= 11 is 1.29. The van der Waals surface area contributed by atoms with Gasteiger partial charge in [0.05, 0.1) is 5.69 Å². The van der Waals surface area contributed by atoms with E-state index in [1.165, 1.54) is 23.0 Å². The number of thiazole rings is 1. The van der Waals surface area contributed by atoms with Crippen molar-refractivity contribution in [3.8, 4) is 22.4 Å². The molecule has 0 saturated carbocycles. The summed E-state index contributed by atoms with van der Waals surface area (Å²) in [6, 6.07) is 29.0. The van der Waals surface area contributed by atoms with E-state index >= 15 is 0 Å². The van der Waals surface area contributed by atoms with Crippen LogP contribution >= 0.6 is 11.3 Å². The van der Waals surface area contributed by atoms with Crippen LogP contribution in [0.25, 0.3) is 43.9 Å². The van der Waals surface area contributed by atoms with Crippen molar-refractivity contribution in [2.45, 2.75) is 6.92 Å². The van der Waals surface area contributed by atoms with Gasteiger partial charge in [-0.2, -0.15) is 0 Å². The monoisotopic (exact) mass is 559 g/mol. The SMILES string of the molecule is Cc1ccc(-c2c(C(=O)OCC(=O)Nc3nc(-c4ccc5ccccc5c4)cs3)n(C)c(=O)c3ccccc23)cc1. The fourth-order valence-corrected chi connectivity index (χ4v) is 5.62. The molecule has 0 saturated heterocycles. The molecule has 0 radical (unpaired) electrons. The molecule has 0 spiro atoms. The molecule has 41 heavy (non-hydrogen) atoms. The topological polar surface area (TPSA) is 90.3 Å². The lowest BCUT2D eigenvalue weighted by atomic mass is 9.96. The molecule has 2 heterocycles. The lowest BCUT2D eigenvalue weighted by molar-refractivity contribution is -0.119. The number of carbonyl (C=O) groups is 2. The summed E-state index contributed by atoms with van der Waals surface area (Å²) in [5, 5.41) is 8.33. The molecule has 0 unspecified atom stereocenters. The molecule has 1 amide bonds. The molecule has 6 aromatic rings. The fourth-order valence-electron chi connectivity index (χ4n) is 4.88. The number of hydrogen-bond donors (Lipinski definition) is 1. The molecule has 1 N–H and O–H groups in total. The number of aromatic nitrogens is 2. The second-order valence-corrected chi connectivity index (χ2v) is 10.6. The van der Waals surface area contributed by atoms with Crippen LogP contribution in [0.2, 0.25) is 0 Å². The van der Waals surface area contributed by atoms with Crippen LogP contribution in [0, 0.1) is 6.92 Å². The number of fused-ring (bicyclic) bond motifs is 2. The van der Waals surface area contributed by atoms with Crippen molar-refractivity contribution in [3.05, 3.63) is 118 Å². The van der Waals surface area contributed by atoms with Gasteiger partial charge in [0.15, 0.2) is 11.7 Å². The van der Waals surface area contributed by atoms with Crippen LogP contribution in [0.5, 0.6) is 0 Å². The van der Waals surface area contributed by atoms with Crippen LogP contribution in [0.15, 0.2) is 101 Å². The summed E-state index contributed by atoms with van der Waals surface area (Å²) in [4.78, 5) is 43.8. The molecule has 6 rings (SSSR count). The number of aryl methyl sites for hydroxylation is 1. The molecule has 0 fully saturated rings. The number of esters is 1. The Morgan fingerprint density at radius 1 is 0.878 bits per heavy atom. The fraction of sp³-hybridized carbons (Fsp3) is 0.0909. The van der Waals surface area contributed by atoms with E-state index in [2.05, 4.69) is 16.4 Å². The Kier molecular flexibility index (Phi) is 6.91. The number of amides is 1. The predicted molar refractivity (Wildman–Crippen MR) is 163 cm³/mol. The molecule has 0 aliphatic rings. The Hall–Kier alpha value is -5.08. The quantitative estimate of drug-likeness (QED) is 0.233. The van der Waals surface area contributed by atoms with Crippen molar-refractivity contribution in [2.75, 3.05) is 11.9 Å². The lowest BCUT2D eigenvalue weighted by Crippen LogP contribution is -2.28. The third kappa shape index (κ3) is 5.13. The summed E-state index contributed by atoms with van der Waals surface area (Å²) in [5.41, 5.74) is 3.84. The third-order valence-corrected chi connectivity index (χ3v) is 7.73. The first-order valence-corrected chi connectivity index (χ1v) is 13.9. The highest BCUT2D eigenvalue weighted by Gasteiger charge is 2.24. The number of rotatable bonds is 6. The smallest absolute Gasteiger partial charge is 0.356 e. The molecule has 0 bridgehead atoms. The number of benzene rings is 4. The number of nitrogens with one attached hydrogen (secondary N) is 1. The Bertz CT molecular complexity index is 2010. The number of carbonyl (C=O) groups excluding carboxylic acids is 2. The van der Waals surface area contributed by atoms with Gasteiger partial charge in [-0.05, 0) is 40.8 Å². The van der Waals surface area contributed by atoms with E-state index in [9.17, 15) is 14.4 Å². The molecule has 0 atom stereocenters. The average Bonchev–Trinajstić information content (AvgIpc) is 3.46. The Morgan fingerprint density at radius 2 is 1.56 bits per heavy atom. The summed E-state index contributed by atoms with van der Waals surface area (Å²) in [6.07, 6.45) is 0. The average molecular weight is 560 g/mol. The molecule has 4 aromatic carbocycles. The van der Waals surface area contributed by atoms with Crippen LogP contribution in [0.3, 0.4) is 0 Å². The normalized spacial score (nSPS) is 11.1. The van der Waals surface area contributed by atoms with Gasteiger partial charge in [0.25, 0.3) is 11.5 Å². The van der Waals surface area contributed by atoms with Crippen LogP contribution in [-0.4, -0.2) is 28.0 Å². The maximum atomic E-state index is 13.4. The van der Waals surface area contributed by atoms with Crippen molar-refractivity contribution < 1.29 is 14.3 Å². The molecule has 7 nitrogen and oxygen atoms in total. The van der Waals surface area contributed by atoms with Gasteiger partial charge in [0.2, 0.25) is 0 Å². The first-order chi connectivity index (χ1) is 19.9. The van der Waals surface area contributed by atoms with Crippen molar-refractivity contribution in [2.24, 2.45) is 7.05 Å². The zero-order valence-electron chi connectivity index (χ0n) is 22.4. The van der Waals surface area contributed by atoms with Crippen LogP contribution in [-0.2, 0) is 16.6 Å². The van der Waals surface area contributed by atoms with Gasteiger partial charge in [-0.25, -0.2) is 9.78 Å². The first-order valence-electron chi connectivity index (χ1n) is 13.0. The van der Waals surface area contributed by atoms with E-state index in [0.29, 0.717) is 21.5 Å². The molecular weight excluding hydrogens is 534 g/mol. The van der Waals surface area contributed by atoms with E-state index in [0.717, 1.165) is 33.2 Å². The number of anilines is 1. The largest absolute Gasteiger partial charge is 0.451 e.